The summed E-state index contributed by atoms with van der Waals surface area (Å²) in [7, 11) is 6.45. The Bertz CT molecular complexity index is 1740. The van der Waals surface area contributed by atoms with Crippen LogP contribution in [0.25, 0.3) is 0 Å². The fraction of sp³-hybridized carbons (Fsp3) is 0.311. The highest BCUT2D eigenvalue weighted by atomic mass is 16.6. The van der Waals surface area contributed by atoms with Gasteiger partial charge in [0.1, 0.15) is 36.2 Å². The van der Waals surface area contributed by atoms with Crippen molar-refractivity contribution in [3.05, 3.63) is 149 Å². The first-order chi connectivity index (χ1) is 28.3. The number of ether oxygens (including phenoxy) is 8. The maximum absolute atomic E-state index is 13.2. The van der Waals surface area contributed by atoms with Gasteiger partial charge >= 0.3 is 12.2 Å². The first kappa shape index (κ1) is 42.8. The van der Waals surface area contributed by atoms with E-state index in [1.54, 1.807) is 38.2 Å². The molecular weight excluding hydrogens is 743 g/mol. The van der Waals surface area contributed by atoms with Gasteiger partial charge in [0.05, 0.1) is 66.3 Å². The van der Waals surface area contributed by atoms with Crippen molar-refractivity contribution in [1.82, 2.24) is 14.8 Å². The molecule has 0 fully saturated rings. The Kier molecular flexibility index (Phi) is 17.0. The van der Waals surface area contributed by atoms with Crippen LogP contribution in [0.2, 0.25) is 0 Å². The molecule has 1 aromatic heterocycles. The molecule has 0 N–H and O–H groups in total. The monoisotopic (exact) mass is 793 g/mol. The van der Waals surface area contributed by atoms with Crippen molar-refractivity contribution in [1.29, 1.82) is 0 Å². The fourth-order valence-electron chi connectivity index (χ4n) is 5.78. The molecule has 0 aliphatic heterocycles. The Hall–Kier alpha value is -6.31. The zero-order valence-corrected chi connectivity index (χ0v) is 33.5. The summed E-state index contributed by atoms with van der Waals surface area (Å²) >= 11 is 0. The van der Waals surface area contributed by atoms with Gasteiger partial charge in [-0.15, -0.1) is 0 Å². The van der Waals surface area contributed by atoms with E-state index in [-0.39, 0.29) is 39.6 Å². The second-order valence-corrected chi connectivity index (χ2v) is 13.1. The lowest BCUT2D eigenvalue weighted by Crippen LogP contribution is -2.31. The number of hydrogen-bond donors (Lipinski definition) is 0. The van der Waals surface area contributed by atoms with Crippen molar-refractivity contribution in [2.75, 3.05) is 54.9 Å². The number of methoxy groups -OCH3 is 4. The number of carbonyl (C=O) groups excluding carboxylic acids is 2. The third-order valence-electron chi connectivity index (χ3n) is 8.92. The molecule has 0 aliphatic carbocycles. The summed E-state index contributed by atoms with van der Waals surface area (Å²) in [6.45, 7) is 2.37. The van der Waals surface area contributed by atoms with Crippen LogP contribution >= 0.6 is 0 Å². The van der Waals surface area contributed by atoms with Gasteiger partial charge in [0.2, 0.25) is 0 Å². The predicted octanol–water partition coefficient (Wildman–Crippen LogP) is 7.83. The van der Waals surface area contributed by atoms with Crippen LogP contribution in [0.5, 0.6) is 23.0 Å². The average Bonchev–Trinajstić information content (AvgIpc) is 3.26. The maximum Gasteiger partial charge on any atom is 0.410 e. The number of carbonyl (C=O) groups is 2. The smallest absolute Gasteiger partial charge is 0.410 e. The van der Waals surface area contributed by atoms with Gasteiger partial charge < -0.3 is 37.9 Å². The van der Waals surface area contributed by atoms with Crippen LogP contribution in [0.4, 0.5) is 9.59 Å². The minimum atomic E-state index is -0.458. The molecule has 1 heterocycles. The lowest BCUT2D eigenvalue weighted by atomic mass is 10.1. The van der Waals surface area contributed by atoms with Crippen molar-refractivity contribution in [3.8, 4) is 23.0 Å². The third-order valence-corrected chi connectivity index (χ3v) is 8.92. The van der Waals surface area contributed by atoms with Crippen LogP contribution in [0.1, 0.15) is 33.6 Å². The van der Waals surface area contributed by atoms with Gasteiger partial charge in [-0.05, 0) is 82.9 Å². The lowest BCUT2D eigenvalue weighted by Gasteiger charge is -2.23. The van der Waals surface area contributed by atoms with Gasteiger partial charge in [0.25, 0.3) is 0 Å². The molecule has 0 atom stereocenters. The van der Waals surface area contributed by atoms with Crippen molar-refractivity contribution in [3.63, 3.8) is 0 Å². The fourth-order valence-corrected chi connectivity index (χ4v) is 5.78. The number of benzene rings is 4. The number of amides is 2. The number of rotatable bonds is 22. The predicted molar refractivity (Wildman–Crippen MR) is 217 cm³/mol. The lowest BCUT2D eigenvalue weighted by molar-refractivity contribution is 0.0434. The van der Waals surface area contributed by atoms with Gasteiger partial charge in [-0.2, -0.15) is 0 Å². The topological polar surface area (TPSA) is 127 Å². The summed E-state index contributed by atoms with van der Waals surface area (Å²) in [6.07, 6.45) is -0.916. The zero-order chi connectivity index (χ0) is 41.0. The molecule has 2 amide bonds. The van der Waals surface area contributed by atoms with Gasteiger partial charge in [-0.1, -0.05) is 54.6 Å². The normalized spacial score (nSPS) is 10.7. The Morgan fingerprint density at radius 2 is 0.724 bits per heavy atom. The second-order valence-electron chi connectivity index (χ2n) is 13.1. The number of aromatic nitrogens is 1. The molecule has 0 spiro atoms. The summed E-state index contributed by atoms with van der Waals surface area (Å²) in [4.78, 5) is 34.3. The molecule has 13 nitrogen and oxygen atoms in total. The quantitative estimate of drug-likeness (QED) is 0.0637. The van der Waals surface area contributed by atoms with E-state index in [4.69, 9.17) is 37.9 Å². The number of nitrogens with zero attached hydrogens (tertiary/aromatic N) is 3. The molecule has 0 bridgehead atoms. The SMILES string of the molecule is COc1ccc(CN(Cc2ccc(OC)cc2)C(=O)OCCOCc2cccc(COCCOC(=O)N(Cc3ccc(OC)cc3)Cc3ccc(OC)cc3)n2)cc1. The van der Waals surface area contributed by atoms with Crippen LogP contribution in [0, 0.1) is 0 Å². The van der Waals surface area contributed by atoms with E-state index in [2.05, 4.69) is 4.98 Å². The van der Waals surface area contributed by atoms with Crippen LogP contribution in [0.15, 0.2) is 115 Å². The Morgan fingerprint density at radius 1 is 0.431 bits per heavy atom. The van der Waals surface area contributed by atoms with E-state index in [0.717, 1.165) is 45.3 Å². The first-order valence-corrected chi connectivity index (χ1v) is 18.8. The van der Waals surface area contributed by atoms with E-state index in [0.29, 0.717) is 37.6 Å². The molecule has 5 rings (SSSR count). The third kappa shape index (κ3) is 14.0. The second kappa shape index (κ2) is 23.0. The molecule has 0 unspecified atom stereocenters. The zero-order valence-electron chi connectivity index (χ0n) is 33.5. The Balaban J connectivity index is 1.04. The van der Waals surface area contributed by atoms with Crippen LogP contribution < -0.4 is 18.9 Å². The summed E-state index contributed by atoms with van der Waals surface area (Å²) < 4.78 is 43.9. The van der Waals surface area contributed by atoms with Crippen molar-refractivity contribution < 1.29 is 47.5 Å². The minimum Gasteiger partial charge on any atom is -0.497 e. The van der Waals surface area contributed by atoms with Gasteiger partial charge in [-0.3, -0.25) is 14.8 Å². The molecule has 0 aliphatic rings. The molecular formula is C45H51N3O10. The van der Waals surface area contributed by atoms with E-state index < -0.39 is 12.2 Å². The molecule has 0 radical (unpaired) electrons. The van der Waals surface area contributed by atoms with Crippen molar-refractivity contribution in [2.24, 2.45) is 0 Å². The number of pyridine rings is 1. The summed E-state index contributed by atoms with van der Waals surface area (Å²) in [6, 6.07) is 35.8. The molecule has 0 saturated carbocycles. The van der Waals surface area contributed by atoms with Crippen LogP contribution in [0.3, 0.4) is 0 Å². The molecule has 306 valence electrons. The van der Waals surface area contributed by atoms with E-state index in [9.17, 15) is 9.59 Å². The standard InChI is InChI=1S/C45H51N3O10/c1-51-40-16-8-34(9-17-40)28-47(29-35-10-18-41(52-2)19-11-35)44(49)57-26-24-55-32-38-6-5-7-39(46-38)33-56-25-27-58-45(50)48(30-36-12-20-42(53-3)21-13-36)31-37-14-22-43(54-4)23-15-37/h5-23H,24-33H2,1-4H3. The Labute approximate surface area is 339 Å². The van der Waals surface area contributed by atoms with Crippen molar-refractivity contribution >= 4 is 12.2 Å². The molecule has 13 heteroatoms. The Morgan fingerprint density at radius 3 is 1.00 bits per heavy atom. The highest BCUT2D eigenvalue weighted by Gasteiger charge is 2.18. The molecule has 58 heavy (non-hydrogen) atoms. The van der Waals surface area contributed by atoms with Gasteiger partial charge in [-0.25, -0.2) is 9.59 Å². The van der Waals surface area contributed by atoms with Crippen LogP contribution in [-0.2, 0) is 58.3 Å². The highest BCUT2D eigenvalue weighted by molar-refractivity contribution is 5.68. The van der Waals surface area contributed by atoms with Crippen LogP contribution in [-0.4, -0.2) is 81.8 Å². The minimum absolute atomic E-state index is 0.0691. The van der Waals surface area contributed by atoms with E-state index >= 15 is 0 Å². The first-order valence-electron chi connectivity index (χ1n) is 18.8. The van der Waals surface area contributed by atoms with Crippen molar-refractivity contribution in [2.45, 2.75) is 39.4 Å². The average molecular weight is 794 g/mol. The van der Waals surface area contributed by atoms with E-state index in [1.165, 1.54) is 0 Å². The maximum atomic E-state index is 13.2. The van der Waals surface area contributed by atoms with E-state index in [1.807, 2.05) is 115 Å². The molecule has 0 saturated heterocycles. The van der Waals surface area contributed by atoms with Gasteiger partial charge in [0, 0.05) is 26.2 Å². The summed E-state index contributed by atoms with van der Waals surface area (Å²) in [5.74, 6) is 2.95. The number of hydrogen-bond acceptors (Lipinski definition) is 11. The molecule has 5 aromatic rings. The van der Waals surface area contributed by atoms with Gasteiger partial charge in [0.15, 0.2) is 0 Å². The largest absolute Gasteiger partial charge is 0.497 e. The summed E-state index contributed by atoms with van der Waals surface area (Å²) in [5, 5.41) is 0. The molecule has 4 aromatic carbocycles. The summed E-state index contributed by atoms with van der Waals surface area (Å²) in [5.41, 5.74) is 5.15. The highest BCUT2D eigenvalue weighted by Crippen LogP contribution is 2.20.